The molecule has 0 fully saturated rings. The number of nitrogens with zero attached hydrogens (tertiary/aromatic N) is 2. The number of allylic oxidation sites excluding steroid dienone is 4. The average Bonchev–Trinajstić information content (AvgIpc) is 2.33. The van der Waals surface area contributed by atoms with E-state index in [4.69, 9.17) is 10.9 Å². The lowest BCUT2D eigenvalue weighted by molar-refractivity contribution is 1.15. The molecule has 0 heterocycles. The van der Waals surface area contributed by atoms with Gasteiger partial charge in [0.15, 0.2) is 0 Å². The van der Waals surface area contributed by atoms with Gasteiger partial charge in [0.25, 0.3) is 0 Å². The molecule has 0 radical (unpaired) electrons. The molecule has 0 unspecified atom stereocenters. The highest BCUT2D eigenvalue weighted by Gasteiger charge is 1.97. The largest absolute Gasteiger partial charge is 0.301 e. The van der Waals surface area contributed by atoms with Gasteiger partial charge in [-0.15, -0.1) is 0 Å². The Morgan fingerprint density at radius 3 is 1.94 bits per heavy atom. The number of hydrogen-bond acceptors (Lipinski definition) is 4. The first-order chi connectivity index (χ1) is 7.78. The van der Waals surface area contributed by atoms with Gasteiger partial charge in [-0.05, 0) is 48.6 Å². The second-order valence-electron chi connectivity index (χ2n) is 3.29. The summed E-state index contributed by atoms with van der Waals surface area (Å²) in [6, 6.07) is 7.10. The van der Waals surface area contributed by atoms with E-state index in [2.05, 4.69) is 10.1 Å². The third-order valence-corrected chi connectivity index (χ3v) is 2.10. The van der Waals surface area contributed by atoms with E-state index >= 15 is 0 Å². The van der Waals surface area contributed by atoms with Gasteiger partial charge in [-0.2, -0.15) is 5.11 Å². The summed E-state index contributed by atoms with van der Waals surface area (Å²) in [6.07, 6.45) is 6.99. The zero-order chi connectivity index (χ0) is 11.4. The molecule has 16 heavy (non-hydrogen) atoms. The molecule has 0 spiro atoms. The van der Waals surface area contributed by atoms with Crippen LogP contribution in [0.1, 0.15) is 0 Å². The molecule has 0 atom stereocenters. The molecule has 1 aliphatic rings. The molecule has 1 aromatic rings. The van der Waals surface area contributed by atoms with Crippen molar-refractivity contribution in [2.24, 2.45) is 10.1 Å². The maximum atomic E-state index is 7.35. The van der Waals surface area contributed by atoms with Crippen molar-refractivity contribution >= 4 is 22.8 Å². The molecule has 0 saturated carbocycles. The van der Waals surface area contributed by atoms with Crippen molar-refractivity contribution in [2.45, 2.75) is 0 Å². The lowest BCUT2D eigenvalue weighted by atomic mass is 10.1. The van der Waals surface area contributed by atoms with Crippen molar-refractivity contribution in [3.05, 3.63) is 48.6 Å². The van der Waals surface area contributed by atoms with Crippen LogP contribution in [0.2, 0.25) is 0 Å². The number of nitrogens with one attached hydrogen (secondary N) is 2. The Hall–Kier alpha value is -2.36. The van der Waals surface area contributed by atoms with E-state index in [1.165, 1.54) is 0 Å². The van der Waals surface area contributed by atoms with Crippen LogP contribution in [0.25, 0.3) is 0 Å². The highest BCUT2D eigenvalue weighted by Crippen LogP contribution is 2.18. The van der Waals surface area contributed by atoms with Crippen LogP contribution < -0.4 is 0 Å². The van der Waals surface area contributed by atoms with Crippen LogP contribution in [0.4, 0.5) is 11.4 Å². The predicted molar refractivity (Wildman–Crippen MR) is 64.4 cm³/mol. The normalized spacial score (nSPS) is 14.0. The van der Waals surface area contributed by atoms with Crippen LogP contribution in [0.5, 0.6) is 0 Å². The van der Waals surface area contributed by atoms with Gasteiger partial charge in [0.2, 0.25) is 0 Å². The second kappa shape index (κ2) is 4.44. The molecule has 0 aliphatic heterocycles. The van der Waals surface area contributed by atoms with Crippen molar-refractivity contribution in [2.75, 3.05) is 0 Å². The summed E-state index contributed by atoms with van der Waals surface area (Å²) in [5.41, 5.74) is 9.54. The van der Waals surface area contributed by atoms with Gasteiger partial charge in [0.05, 0.1) is 22.8 Å². The lowest BCUT2D eigenvalue weighted by Gasteiger charge is -2.00. The van der Waals surface area contributed by atoms with Crippen molar-refractivity contribution in [3.8, 4) is 0 Å². The zero-order valence-electron chi connectivity index (χ0n) is 8.51. The summed E-state index contributed by atoms with van der Waals surface area (Å²) >= 11 is 0. The molecule has 4 nitrogen and oxygen atoms in total. The lowest BCUT2D eigenvalue weighted by Crippen LogP contribution is -1.97. The van der Waals surface area contributed by atoms with E-state index in [1.54, 1.807) is 36.4 Å². The quantitative estimate of drug-likeness (QED) is 0.553. The second-order valence-corrected chi connectivity index (χ2v) is 3.29. The van der Waals surface area contributed by atoms with E-state index in [1.807, 2.05) is 12.1 Å². The van der Waals surface area contributed by atoms with Gasteiger partial charge in [0, 0.05) is 0 Å². The van der Waals surface area contributed by atoms with Crippen LogP contribution in [0.3, 0.4) is 0 Å². The molecule has 78 valence electrons. The smallest absolute Gasteiger partial charge is 0.0851 e. The number of aliphatic imine (C=N–C) groups is 1. The van der Waals surface area contributed by atoms with E-state index in [0.717, 1.165) is 11.4 Å². The minimum Gasteiger partial charge on any atom is -0.301 e. The minimum atomic E-state index is 0.474. The Morgan fingerprint density at radius 2 is 1.38 bits per heavy atom. The highest BCUT2D eigenvalue weighted by atomic mass is 15.0. The fourth-order valence-electron chi connectivity index (χ4n) is 1.29. The third kappa shape index (κ3) is 2.36. The maximum absolute atomic E-state index is 7.35. The minimum absolute atomic E-state index is 0.474. The van der Waals surface area contributed by atoms with E-state index < -0.39 is 0 Å². The Bertz CT molecular complexity index is 488. The first-order valence-corrected chi connectivity index (χ1v) is 4.79. The Labute approximate surface area is 93.1 Å². The fraction of sp³-hybridized carbons (Fsp3) is 0. The highest BCUT2D eigenvalue weighted by molar-refractivity contribution is 6.18. The Kier molecular flexibility index (Phi) is 2.82. The van der Waals surface area contributed by atoms with Gasteiger partial charge < -0.3 is 5.41 Å². The van der Waals surface area contributed by atoms with E-state index in [-0.39, 0.29) is 0 Å². The fourth-order valence-corrected chi connectivity index (χ4v) is 1.29. The molecule has 2 N–H and O–H groups in total. The number of rotatable bonds is 2. The van der Waals surface area contributed by atoms with Crippen molar-refractivity contribution in [1.29, 1.82) is 10.9 Å². The van der Waals surface area contributed by atoms with Crippen molar-refractivity contribution < 1.29 is 0 Å². The molecular formula is C12H10N4. The Balaban J connectivity index is 2.23. The molecule has 0 saturated heterocycles. The van der Waals surface area contributed by atoms with Gasteiger partial charge >= 0.3 is 0 Å². The molecule has 1 aliphatic carbocycles. The van der Waals surface area contributed by atoms with Gasteiger partial charge in [-0.25, -0.2) is 10.5 Å². The molecule has 0 aromatic heterocycles. The predicted octanol–water partition coefficient (Wildman–Crippen LogP) is 3.57. The maximum Gasteiger partial charge on any atom is 0.0851 e. The molecular weight excluding hydrogens is 200 g/mol. The Morgan fingerprint density at radius 1 is 0.812 bits per heavy atom. The number of hydrogen-bond donors (Lipinski definition) is 2. The molecule has 2 rings (SSSR count). The standard InChI is InChI=1S/C12H10N4/c13-9-1-3-10(4-2-9)15-11-5-7-12(16-14)8-6-11/h1-8,13-14H. The van der Waals surface area contributed by atoms with Crippen LogP contribution in [0.15, 0.2) is 58.7 Å². The van der Waals surface area contributed by atoms with Crippen LogP contribution in [-0.2, 0) is 0 Å². The average molecular weight is 210 g/mol. The molecule has 4 heteroatoms. The molecule has 0 amide bonds. The van der Waals surface area contributed by atoms with Crippen LogP contribution in [-0.4, -0.2) is 11.4 Å². The summed E-state index contributed by atoms with van der Waals surface area (Å²) in [4.78, 5) is 4.37. The monoisotopic (exact) mass is 210 g/mol. The summed E-state index contributed by atoms with van der Waals surface area (Å²) < 4.78 is 0. The number of benzene rings is 1. The third-order valence-electron chi connectivity index (χ3n) is 2.10. The summed E-state index contributed by atoms with van der Waals surface area (Å²) in [7, 11) is 0. The first kappa shape index (κ1) is 10.2. The zero-order valence-corrected chi connectivity index (χ0v) is 8.51. The topological polar surface area (TPSA) is 72.4 Å². The van der Waals surface area contributed by atoms with Gasteiger partial charge in [0.1, 0.15) is 0 Å². The van der Waals surface area contributed by atoms with Crippen molar-refractivity contribution in [1.82, 2.24) is 0 Å². The van der Waals surface area contributed by atoms with E-state index in [9.17, 15) is 0 Å². The van der Waals surface area contributed by atoms with Crippen LogP contribution in [0, 0.1) is 10.9 Å². The van der Waals surface area contributed by atoms with E-state index in [0.29, 0.717) is 11.4 Å². The molecule has 0 bridgehead atoms. The van der Waals surface area contributed by atoms with Gasteiger partial charge in [-0.1, -0.05) is 0 Å². The first-order valence-electron chi connectivity index (χ1n) is 4.79. The summed E-state index contributed by atoms with van der Waals surface area (Å²) in [5.74, 6) is 0. The van der Waals surface area contributed by atoms with Gasteiger partial charge in [-0.3, -0.25) is 0 Å². The summed E-state index contributed by atoms with van der Waals surface area (Å²) in [6.45, 7) is 0. The molecule has 1 aromatic carbocycles. The van der Waals surface area contributed by atoms with Crippen molar-refractivity contribution in [3.63, 3.8) is 0 Å². The SMILES string of the molecule is N=Nc1ccc(N=C2C=CC(=N)C=C2)cc1. The van der Waals surface area contributed by atoms with Crippen LogP contribution >= 0.6 is 0 Å². The summed E-state index contributed by atoms with van der Waals surface area (Å²) in [5, 5.41) is 10.7.